The fraction of sp³-hybridized carbons (Fsp3) is 0.0556. The number of aromatic nitrogens is 2. The first kappa shape index (κ1) is 16.4. The first-order chi connectivity index (χ1) is 12.1. The molecule has 0 spiro atoms. The molecule has 0 radical (unpaired) electrons. The Bertz CT molecular complexity index is 887. The van der Waals surface area contributed by atoms with Gasteiger partial charge in [-0.3, -0.25) is 4.79 Å². The molecule has 0 saturated carbocycles. The molecular weight excluding hydrogens is 323 g/mol. The summed E-state index contributed by atoms with van der Waals surface area (Å²) in [7, 11) is 0. The monoisotopic (exact) mass is 338 g/mol. The number of nitrogens with one attached hydrogen (secondary N) is 2. The molecule has 0 saturated heterocycles. The molecule has 0 amide bonds. The van der Waals surface area contributed by atoms with Crippen molar-refractivity contribution in [1.29, 1.82) is 0 Å². The van der Waals surface area contributed by atoms with Crippen LogP contribution >= 0.6 is 0 Å². The van der Waals surface area contributed by atoms with E-state index in [-0.39, 0.29) is 18.3 Å². The molecule has 0 aliphatic carbocycles. The highest BCUT2D eigenvalue weighted by Crippen LogP contribution is 2.23. The molecule has 6 nitrogen and oxygen atoms in total. The minimum atomic E-state index is -1.02. The molecule has 2 aromatic carbocycles. The van der Waals surface area contributed by atoms with Crippen molar-refractivity contribution in [3.63, 3.8) is 0 Å². The van der Waals surface area contributed by atoms with Crippen LogP contribution in [0, 0.1) is 5.82 Å². The maximum atomic E-state index is 13.4. The fourth-order valence-corrected chi connectivity index (χ4v) is 2.22. The summed E-state index contributed by atoms with van der Waals surface area (Å²) >= 11 is 0. The van der Waals surface area contributed by atoms with Crippen molar-refractivity contribution in [2.75, 3.05) is 17.2 Å². The highest BCUT2D eigenvalue weighted by atomic mass is 19.1. The SMILES string of the molecule is O=C(O)CNc1nc(Nc2cccc(F)c2)cc(-c2ccccc2)n1. The van der Waals surface area contributed by atoms with Crippen molar-refractivity contribution < 1.29 is 14.3 Å². The van der Waals surface area contributed by atoms with Gasteiger partial charge in [0.1, 0.15) is 18.2 Å². The Morgan fingerprint density at radius 2 is 1.84 bits per heavy atom. The van der Waals surface area contributed by atoms with E-state index in [1.807, 2.05) is 30.3 Å². The zero-order chi connectivity index (χ0) is 17.6. The van der Waals surface area contributed by atoms with E-state index in [0.717, 1.165) is 5.56 Å². The number of nitrogens with zero attached hydrogens (tertiary/aromatic N) is 2. The van der Waals surface area contributed by atoms with E-state index in [1.165, 1.54) is 12.1 Å². The quantitative estimate of drug-likeness (QED) is 0.637. The third-order valence-corrected chi connectivity index (χ3v) is 3.29. The molecule has 25 heavy (non-hydrogen) atoms. The van der Waals surface area contributed by atoms with Gasteiger partial charge in [-0.05, 0) is 18.2 Å². The molecular formula is C18H15FN4O2. The van der Waals surface area contributed by atoms with Gasteiger partial charge in [0.25, 0.3) is 0 Å². The van der Waals surface area contributed by atoms with Crippen LogP contribution < -0.4 is 10.6 Å². The number of rotatable bonds is 6. The number of carboxylic acid groups (broad SMARTS) is 1. The average Bonchev–Trinajstić information content (AvgIpc) is 2.60. The lowest BCUT2D eigenvalue weighted by Gasteiger charge is -2.11. The Kier molecular flexibility index (Phi) is 4.84. The lowest BCUT2D eigenvalue weighted by molar-refractivity contribution is -0.134. The molecule has 0 aliphatic rings. The number of hydrogen-bond acceptors (Lipinski definition) is 5. The molecule has 0 unspecified atom stereocenters. The van der Waals surface area contributed by atoms with Gasteiger partial charge in [0.2, 0.25) is 5.95 Å². The van der Waals surface area contributed by atoms with Gasteiger partial charge in [-0.1, -0.05) is 36.4 Å². The maximum Gasteiger partial charge on any atom is 0.322 e. The Morgan fingerprint density at radius 1 is 1.04 bits per heavy atom. The second kappa shape index (κ2) is 7.39. The highest BCUT2D eigenvalue weighted by Gasteiger charge is 2.08. The van der Waals surface area contributed by atoms with Crippen LogP contribution in [0.25, 0.3) is 11.3 Å². The number of hydrogen-bond donors (Lipinski definition) is 3. The lowest BCUT2D eigenvalue weighted by Crippen LogP contribution is -2.15. The molecule has 0 fully saturated rings. The number of carboxylic acids is 1. The number of aliphatic carboxylic acids is 1. The summed E-state index contributed by atoms with van der Waals surface area (Å²) in [5.41, 5.74) is 2.00. The van der Waals surface area contributed by atoms with Crippen molar-refractivity contribution in [2.24, 2.45) is 0 Å². The molecule has 0 atom stereocenters. The third kappa shape index (κ3) is 4.51. The lowest BCUT2D eigenvalue weighted by atomic mass is 10.1. The molecule has 126 valence electrons. The fourth-order valence-electron chi connectivity index (χ4n) is 2.22. The minimum Gasteiger partial charge on any atom is -0.480 e. The molecule has 3 N–H and O–H groups in total. The van der Waals surface area contributed by atoms with E-state index in [1.54, 1.807) is 18.2 Å². The summed E-state index contributed by atoms with van der Waals surface area (Å²) in [6, 6.07) is 17.1. The number of benzene rings is 2. The second-order valence-electron chi connectivity index (χ2n) is 5.21. The van der Waals surface area contributed by atoms with E-state index in [0.29, 0.717) is 17.2 Å². The van der Waals surface area contributed by atoms with Crippen molar-refractivity contribution in [2.45, 2.75) is 0 Å². The molecule has 0 bridgehead atoms. The molecule has 7 heteroatoms. The number of halogens is 1. The summed E-state index contributed by atoms with van der Waals surface area (Å²) in [5.74, 6) is -0.796. The first-order valence-electron chi connectivity index (χ1n) is 7.53. The summed E-state index contributed by atoms with van der Waals surface area (Å²) in [5, 5.41) is 14.5. The van der Waals surface area contributed by atoms with Crippen LogP contribution in [0.1, 0.15) is 0 Å². The molecule has 3 aromatic rings. The van der Waals surface area contributed by atoms with Crippen LogP contribution in [-0.4, -0.2) is 27.6 Å². The van der Waals surface area contributed by atoms with Gasteiger partial charge in [0, 0.05) is 17.3 Å². The molecule has 0 aliphatic heterocycles. The number of anilines is 3. The highest BCUT2D eigenvalue weighted by molar-refractivity contribution is 5.73. The van der Waals surface area contributed by atoms with E-state index in [2.05, 4.69) is 20.6 Å². The Hall–Kier alpha value is -3.48. The Labute approximate surface area is 143 Å². The van der Waals surface area contributed by atoms with Crippen LogP contribution in [-0.2, 0) is 4.79 Å². The van der Waals surface area contributed by atoms with E-state index in [9.17, 15) is 9.18 Å². The predicted octanol–water partition coefficient (Wildman–Crippen LogP) is 3.52. The molecule has 1 heterocycles. The maximum absolute atomic E-state index is 13.4. The standard InChI is InChI=1S/C18H15FN4O2/c19-13-7-4-8-14(9-13)21-16-10-15(12-5-2-1-3-6-12)22-18(23-16)20-11-17(24)25/h1-10H,11H2,(H,24,25)(H2,20,21,22,23). The van der Waals surface area contributed by atoms with Gasteiger partial charge < -0.3 is 15.7 Å². The van der Waals surface area contributed by atoms with Crippen molar-refractivity contribution >= 4 is 23.4 Å². The van der Waals surface area contributed by atoms with Crippen molar-refractivity contribution in [1.82, 2.24) is 9.97 Å². The predicted molar refractivity (Wildman–Crippen MR) is 93.3 cm³/mol. The van der Waals surface area contributed by atoms with Crippen LogP contribution in [0.4, 0.5) is 21.8 Å². The Balaban J connectivity index is 1.95. The van der Waals surface area contributed by atoms with Gasteiger partial charge in [-0.15, -0.1) is 0 Å². The average molecular weight is 338 g/mol. The van der Waals surface area contributed by atoms with E-state index < -0.39 is 5.97 Å². The zero-order valence-corrected chi connectivity index (χ0v) is 13.1. The number of carbonyl (C=O) groups is 1. The van der Waals surface area contributed by atoms with Crippen LogP contribution in [0.3, 0.4) is 0 Å². The van der Waals surface area contributed by atoms with Crippen LogP contribution in [0.2, 0.25) is 0 Å². The van der Waals surface area contributed by atoms with Gasteiger partial charge in [0.15, 0.2) is 0 Å². The smallest absolute Gasteiger partial charge is 0.322 e. The molecule has 3 rings (SSSR count). The Morgan fingerprint density at radius 3 is 2.56 bits per heavy atom. The summed E-state index contributed by atoms with van der Waals surface area (Å²) in [4.78, 5) is 19.3. The van der Waals surface area contributed by atoms with E-state index >= 15 is 0 Å². The minimum absolute atomic E-state index is 0.169. The van der Waals surface area contributed by atoms with Crippen molar-refractivity contribution in [3.8, 4) is 11.3 Å². The van der Waals surface area contributed by atoms with Gasteiger partial charge in [-0.25, -0.2) is 9.37 Å². The second-order valence-corrected chi connectivity index (χ2v) is 5.21. The molecule has 1 aromatic heterocycles. The topological polar surface area (TPSA) is 87.1 Å². The van der Waals surface area contributed by atoms with Gasteiger partial charge in [-0.2, -0.15) is 4.98 Å². The first-order valence-corrected chi connectivity index (χ1v) is 7.53. The van der Waals surface area contributed by atoms with Crippen molar-refractivity contribution in [3.05, 3.63) is 66.5 Å². The third-order valence-electron chi connectivity index (χ3n) is 3.29. The summed E-state index contributed by atoms with van der Waals surface area (Å²) < 4.78 is 13.4. The van der Waals surface area contributed by atoms with Crippen LogP contribution in [0.5, 0.6) is 0 Å². The normalized spacial score (nSPS) is 10.3. The summed E-state index contributed by atoms with van der Waals surface area (Å²) in [6.07, 6.45) is 0. The largest absolute Gasteiger partial charge is 0.480 e. The van der Waals surface area contributed by atoms with E-state index in [4.69, 9.17) is 5.11 Å². The zero-order valence-electron chi connectivity index (χ0n) is 13.1. The summed E-state index contributed by atoms with van der Waals surface area (Å²) in [6.45, 7) is -0.308. The van der Waals surface area contributed by atoms with Gasteiger partial charge >= 0.3 is 5.97 Å². The van der Waals surface area contributed by atoms with Crippen LogP contribution in [0.15, 0.2) is 60.7 Å². The van der Waals surface area contributed by atoms with Gasteiger partial charge in [0.05, 0.1) is 5.69 Å².